The number of aliphatic hydroxyl groups is 1. The molecule has 1 amide bonds. The number of nitrogens with two attached hydrogens (primary N) is 1. The van der Waals surface area contributed by atoms with Crippen LogP contribution < -0.4 is 10.5 Å². The average molecular weight is 407 g/mol. The summed E-state index contributed by atoms with van der Waals surface area (Å²) in [5, 5.41) is 12.7. The van der Waals surface area contributed by atoms with Gasteiger partial charge in [-0.15, -0.1) is 0 Å². The monoisotopic (exact) mass is 407 g/mol. The van der Waals surface area contributed by atoms with Crippen molar-refractivity contribution in [1.82, 2.24) is 4.90 Å². The zero-order valence-electron chi connectivity index (χ0n) is 17.1. The van der Waals surface area contributed by atoms with Gasteiger partial charge in [0.15, 0.2) is 6.61 Å². The van der Waals surface area contributed by atoms with Crippen LogP contribution in [0.4, 0.5) is 4.79 Å². The van der Waals surface area contributed by atoms with Crippen LogP contribution in [0.25, 0.3) is 0 Å². The third kappa shape index (κ3) is 7.03. The number of amides is 1. The molecule has 1 heterocycles. The number of rotatable bonds is 6. The predicted molar refractivity (Wildman–Crippen MR) is 106 cm³/mol. The lowest BCUT2D eigenvalue weighted by Gasteiger charge is -2.41. The van der Waals surface area contributed by atoms with Crippen LogP contribution in [-0.4, -0.2) is 52.7 Å². The van der Waals surface area contributed by atoms with Crippen molar-refractivity contribution in [3.05, 3.63) is 29.8 Å². The van der Waals surface area contributed by atoms with Gasteiger partial charge in [-0.25, -0.2) is 9.59 Å². The van der Waals surface area contributed by atoms with E-state index in [1.54, 1.807) is 45.0 Å². The molecule has 3 N–H and O–H groups in total. The van der Waals surface area contributed by atoms with Crippen molar-refractivity contribution < 1.29 is 29.0 Å². The molecule has 2 rings (SSSR count). The minimum Gasteiger partial charge on any atom is -0.482 e. The van der Waals surface area contributed by atoms with Crippen LogP contribution in [0, 0.1) is 0 Å². The third-order valence-corrected chi connectivity index (χ3v) is 4.22. The standard InChI is InChI=1S/C20H29N3O6/c1-19(2,3)28-18(26)23-11-5-4-10-20(23,21)14-22-29-17(25)13-27-16-8-6-15(12-24)7-9-16/h6-9,14,24H,4-5,10-13,21H2,1-3H3/b22-14+/t20-/m0/s1. The van der Waals surface area contributed by atoms with E-state index in [2.05, 4.69) is 5.16 Å². The molecule has 1 saturated heterocycles. The third-order valence-electron chi connectivity index (χ3n) is 4.22. The minimum atomic E-state index is -1.19. The molecule has 0 bridgehead atoms. The molecule has 160 valence electrons. The van der Waals surface area contributed by atoms with Crippen molar-refractivity contribution in [2.75, 3.05) is 13.2 Å². The fourth-order valence-corrected chi connectivity index (χ4v) is 2.77. The van der Waals surface area contributed by atoms with Gasteiger partial charge in [0.25, 0.3) is 0 Å². The topological polar surface area (TPSA) is 124 Å². The Balaban J connectivity index is 1.89. The molecule has 1 aliphatic heterocycles. The van der Waals surface area contributed by atoms with E-state index >= 15 is 0 Å². The Morgan fingerprint density at radius 2 is 1.97 bits per heavy atom. The Morgan fingerprint density at radius 1 is 1.28 bits per heavy atom. The van der Waals surface area contributed by atoms with Gasteiger partial charge in [0.1, 0.15) is 17.0 Å². The number of carbonyl (C=O) groups is 2. The Kier molecular flexibility index (Phi) is 7.58. The van der Waals surface area contributed by atoms with Crippen LogP contribution in [-0.2, 0) is 21.0 Å². The molecule has 1 aromatic carbocycles. The molecule has 1 atom stereocenters. The fourth-order valence-electron chi connectivity index (χ4n) is 2.77. The Hall–Kier alpha value is -2.65. The van der Waals surface area contributed by atoms with E-state index in [-0.39, 0.29) is 13.2 Å². The lowest BCUT2D eigenvalue weighted by atomic mass is 9.97. The van der Waals surface area contributed by atoms with Crippen molar-refractivity contribution in [3.63, 3.8) is 0 Å². The van der Waals surface area contributed by atoms with Crippen molar-refractivity contribution in [1.29, 1.82) is 0 Å². The minimum absolute atomic E-state index is 0.0712. The van der Waals surface area contributed by atoms with Gasteiger partial charge in [-0.05, 0) is 57.7 Å². The van der Waals surface area contributed by atoms with Gasteiger partial charge in [0.2, 0.25) is 0 Å². The largest absolute Gasteiger partial charge is 0.482 e. The maximum absolute atomic E-state index is 12.5. The smallest absolute Gasteiger partial charge is 0.412 e. The number of ether oxygens (including phenoxy) is 2. The van der Waals surface area contributed by atoms with Crippen molar-refractivity contribution in [2.45, 2.75) is 57.9 Å². The SMILES string of the molecule is CC(C)(C)OC(=O)N1CCCC[C@@]1(N)/C=N/OC(=O)COc1ccc(CO)cc1. The van der Waals surface area contributed by atoms with Gasteiger partial charge in [-0.3, -0.25) is 4.90 Å². The summed E-state index contributed by atoms with van der Waals surface area (Å²) in [5.74, 6) is -0.252. The summed E-state index contributed by atoms with van der Waals surface area (Å²) in [6, 6.07) is 6.64. The molecular weight excluding hydrogens is 378 g/mol. The molecule has 0 aliphatic carbocycles. The molecule has 1 aliphatic rings. The molecule has 0 radical (unpaired) electrons. The number of piperidine rings is 1. The first kappa shape index (κ1) is 22.6. The Labute approximate surface area is 170 Å². The van der Waals surface area contributed by atoms with Crippen LogP contribution in [0.1, 0.15) is 45.6 Å². The molecular formula is C20H29N3O6. The second-order valence-electron chi connectivity index (χ2n) is 7.87. The quantitative estimate of drug-likeness (QED) is 0.421. The highest BCUT2D eigenvalue weighted by molar-refractivity contribution is 5.79. The highest BCUT2D eigenvalue weighted by Gasteiger charge is 2.39. The van der Waals surface area contributed by atoms with Crippen LogP contribution in [0.2, 0.25) is 0 Å². The number of aliphatic hydroxyl groups excluding tert-OH is 1. The van der Waals surface area contributed by atoms with Crippen LogP contribution >= 0.6 is 0 Å². The summed E-state index contributed by atoms with van der Waals surface area (Å²) in [5.41, 5.74) is 5.23. The second kappa shape index (κ2) is 9.71. The summed E-state index contributed by atoms with van der Waals surface area (Å²) >= 11 is 0. The zero-order valence-corrected chi connectivity index (χ0v) is 17.1. The van der Waals surface area contributed by atoms with Crippen molar-refractivity contribution in [3.8, 4) is 5.75 Å². The molecule has 9 heteroatoms. The number of carbonyl (C=O) groups excluding carboxylic acids is 2. The average Bonchev–Trinajstić information content (AvgIpc) is 2.65. The maximum Gasteiger partial charge on any atom is 0.412 e. The van der Waals surface area contributed by atoms with E-state index in [0.717, 1.165) is 18.4 Å². The van der Waals surface area contributed by atoms with Gasteiger partial charge in [0.05, 0.1) is 12.8 Å². The second-order valence-corrected chi connectivity index (χ2v) is 7.87. The molecule has 29 heavy (non-hydrogen) atoms. The highest BCUT2D eigenvalue weighted by Crippen LogP contribution is 2.24. The van der Waals surface area contributed by atoms with Gasteiger partial charge in [-0.2, -0.15) is 0 Å². The molecule has 1 fully saturated rings. The van der Waals surface area contributed by atoms with E-state index in [4.69, 9.17) is 25.2 Å². The summed E-state index contributed by atoms with van der Waals surface area (Å²) < 4.78 is 10.7. The lowest BCUT2D eigenvalue weighted by Crippen LogP contribution is -2.62. The lowest BCUT2D eigenvalue weighted by molar-refractivity contribution is -0.146. The summed E-state index contributed by atoms with van der Waals surface area (Å²) in [6.45, 7) is 5.35. The first-order valence-corrected chi connectivity index (χ1v) is 9.49. The molecule has 9 nitrogen and oxygen atoms in total. The molecule has 1 aromatic rings. The first-order chi connectivity index (χ1) is 13.6. The van der Waals surface area contributed by atoms with Crippen LogP contribution in [0.15, 0.2) is 29.4 Å². The Bertz CT molecular complexity index is 729. The predicted octanol–water partition coefficient (Wildman–Crippen LogP) is 2.16. The van der Waals surface area contributed by atoms with Crippen LogP contribution in [0.5, 0.6) is 5.75 Å². The molecule has 0 unspecified atom stereocenters. The maximum atomic E-state index is 12.5. The number of benzene rings is 1. The van der Waals surface area contributed by atoms with Gasteiger partial charge in [-0.1, -0.05) is 17.3 Å². The van der Waals surface area contributed by atoms with Crippen LogP contribution in [0.3, 0.4) is 0 Å². The van der Waals surface area contributed by atoms with Gasteiger partial charge >= 0.3 is 12.1 Å². The van der Waals surface area contributed by atoms with E-state index in [1.165, 1.54) is 11.1 Å². The van der Waals surface area contributed by atoms with E-state index in [1.807, 2.05) is 0 Å². The van der Waals surface area contributed by atoms with Gasteiger partial charge < -0.3 is 25.2 Å². The number of hydrogen-bond acceptors (Lipinski definition) is 8. The van der Waals surface area contributed by atoms with E-state index in [9.17, 15) is 9.59 Å². The molecule has 0 saturated carbocycles. The Morgan fingerprint density at radius 3 is 2.59 bits per heavy atom. The van der Waals surface area contributed by atoms with Gasteiger partial charge in [0, 0.05) is 6.54 Å². The van der Waals surface area contributed by atoms with Crippen molar-refractivity contribution >= 4 is 18.3 Å². The summed E-state index contributed by atoms with van der Waals surface area (Å²) in [7, 11) is 0. The van der Waals surface area contributed by atoms with E-state index in [0.29, 0.717) is 18.7 Å². The van der Waals surface area contributed by atoms with Crippen molar-refractivity contribution in [2.24, 2.45) is 10.9 Å². The molecule has 0 spiro atoms. The number of likely N-dealkylation sites (tertiary alicyclic amines) is 1. The first-order valence-electron chi connectivity index (χ1n) is 9.49. The fraction of sp³-hybridized carbons (Fsp3) is 0.550. The number of oxime groups is 1. The summed E-state index contributed by atoms with van der Waals surface area (Å²) in [4.78, 5) is 30.5. The normalized spacial score (nSPS) is 19.8. The highest BCUT2D eigenvalue weighted by atomic mass is 16.7. The molecule has 0 aromatic heterocycles. The zero-order chi connectivity index (χ0) is 21.5. The summed E-state index contributed by atoms with van der Waals surface area (Å²) in [6.07, 6.45) is 2.80. The number of nitrogens with zero attached hydrogens (tertiary/aromatic N) is 2. The number of hydrogen-bond donors (Lipinski definition) is 2. The van der Waals surface area contributed by atoms with E-state index < -0.39 is 23.3 Å².